The van der Waals surface area contributed by atoms with Crippen molar-refractivity contribution < 1.29 is 9.90 Å². The average Bonchev–Trinajstić information content (AvgIpc) is 2.39. The molecule has 0 bridgehead atoms. The number of benzene rings is 1. The lowest BCUT2D eigenvalue weighted by Gasteiger charge is -2.16. The lowest BCUT2D eigenvalue weighted by Crippen LogP contribution is -2.09. The molecule has 0 radical (unpaired) electrons. The number of aryl methyl sites for hydroxylation is 1. The molecule has 0 aliphatic rings. The molecule has 1 unspecified atom stereocenters. The number of carboxylic acids is 1. The zero-order chi connectivity index (χ0) is 13.7. The van der Waals surface area contributed by atoms with E-state index in [1.54, 1.807) is 12.4 Å². The highest BCUT2D eigenvalue weighted by atomic mass is 16.4. The molecule has 2 rings (SSSR count). The van der Waals surface area contributed by atoms with Crippen LogP contribution in [0.4, 0.5) is 0 Å². The van der Waals surface area contributed by atoms with Crippen LogP contribution in [0.3, 0.4) is 0 Å². The molecule has 3 nitrogen and oxygen atoms in total. The summed E-state index contributed by atoms with van der Waals surface area (Å²) in [5.74, 6) is -0.781. The van der Waals surface area contributed by atoms with Crippen molar-refractivity contribution in [3.63, 3.8) is 0 Å². The van der Waals surface area contributed by atoms with E-state index in [9.17, 15) is 4.79 Å². The van der Waals surface area contributed by atoms with Gasteiger partial charge in [0.15, 0.2) is 0 Å². The summed E-state index contributed by atoms with van der Waals surface area (Å²) < 4.78 is 0. The number of nitrogens with zero attached hydrogens (tertiary/aromatic N) is 1. The summed E-state index contributed by atoms with van der Waals surface area (Å²) in [7, 11) is 0. The predicted molar refractivity (Wildman–Crippen MR) is 74.1 cm³/mol. The summed E-state index contributed by atoms with van der Waals surface area (Å²) in [6.07, 6.45) is 4.36. The van der Waals surface area contributed by atoms with Crippen LogP contribution in [0.15, 0.2) is 48.8 Å². The molecule has 1 aromatic heterocycles. The van der Waals surface area contributed by atoms with Crippen molar-refractivity contribution in [2.45, 2.75) is 25.7 Å². The van der Waals surface area contributed by atoms with E-state index >= 15 is 0 Å². The van der Waals surface area contributed by atoms with Gasteiger partial charge in [0, 0.05) is 12.4 Å². The average molecular weight is 255 g/mol. The van der Waals surface area contributed by atoms with Crippen molar-refractivity contribution in [3.8, 4) is 0 Å². The fourth-order valence-corrected chi connectivity index (χ4v) is 2.25. The molecule has 19 heavy (non-hydrogen) atoms. The topological polar surface area (TPSA) is 50.2 Å². The second-order valence-corrected chi connectivity index (χ2v) is 4.77. The minimum atomic E-state index is -0.768. The van der Waals surface area contributed by atoms with Gasteiger partial charge in [-0.3, -0.25) is 9.78 Å². The fourth-order valence-electron chi connectivity index (χ4n) is 2.25. The lowest BCUT2D eigenvalue weighted by atomic mass is 9.89. The number of hydrogen-bond donors (Lipinski definition) is 1. The molecular weight excluding hydrogens is 238 g/mol. The van der Waals surface area contributed by atoms with Gasteiger partial charge in [0.25, 0.3) is 0 Å². The van der Waals surface area contributed by atoms with Gasteiger partial charge in [-0.15, -0.1) is 0 Å². The first-order chi connectivity index (χ1) is 9.15. The maximum absolute atomic E-state index is 11.0. The monoisotopic (exact) mass is 255 g/mol. The van der Waals surface area contributed by atoms with E-state index in [0.29, 0.717) is 6.42 Å². The lowest BCUT2D eigenvalue weighted by molar-refractivity contribution is -0.137. The van der Waals surface area contributed by atoms with Crippen LogP contribution in [0.25, 0.3) is 0 Å². The van der Waals surface area contributed by atoms with Gasteiger partial charge in [-0.1, -0.05) is 35.9 Å². The molecule has 1 aromatic carbocycles. The molecule has 0 aliphatic heterocycles. The minimum Gasteiger partial charge on any atom is -0.481 e. The Morgan fingerprint density at radius 2 is 2.16 bits per heavy atom. The Morgan fingerprint density at radius 3 is 2.79 bits per heavy atom. The molecule has 0 fully saturated rings. The standard InChI is InChI=1S/C16H17NO2/c1-12-4-2-6-14(8-12)15(10-16(18)19)9-13-5-3-7-17-11-13/h2-8,11,15H,9-10H2,1H3,(H,18,19). The van der Waals surface area contributed by atoms with Crippen LogP contribution in [0, 0.1) is 6.92 Å². The summed E-state index contributed by atoms with van der Waals surface area (Å²) in [5.41, 5.74) is 3.29. The number of aromatic nitrogens is 1. The van der Waals surface area contributed by atoms with Gasteiger partial charge in [0.1, 0.15) is 0 Å². The van der Waals surface area contributed by atoms with E-state index in [4.69, 9.17) is 5.11 Å². The Balaban J connectivity index is 2.23. The third-order valence-corrected chi connectivity index (χ3v) is 3.14. The summed E-state index contributed by atoms with van der Waals surface area (Å²) in [6, 6.07) is 11.9. The summed E-state index contributed by atoms with van der Waals surface area (Å²) in [6.45, 7) is 2.02. The maximum Gasteiger partial charge on any atom is 0.303 e. The Hall–Kier alpha value is -2.16. The highest BCUT2D eigenvalue weighted by Crippen LogP contribution is 2.25. The van der Waals surface area contributed by atoms with Crippen molar-refractivity contribution in [2.75, 3.05) is 0 Å². The molecule has 0 saturated heterocycles. The first-order valence-corrected chi connectivity index (χ1v) is 6.32. The van der Waals surface area contributed by atoms with Crippen molar-refractivity contribution in [2.24, 2.45) is 0 Å². The van der Waals surface area contributed by atoms with Crippen LogP contribution in [0.2, 0.25) is 0 Å². The SMILES string of the molecule is Cc1cccc(C(CC(=O)O)Cc2cccnc2)c1. The molecular formula is C16H17NO2. The second-order valence-electron chi connectivity index (χ2n) is 4.77. The van der Waals surface area contributed by atoms with Gasteiger partial charge >= 0.3 is 5.97 Å². The van der Waals surface area contributed by atoms with Gasteiger partial charge in [0.2, 0.25) is 0 Å². The largest absolute Gasteiger partial charge is 0.481 e. The first-order valence-electron chi connectivity index (χ1n) is 6.32. The summed E-state index contributed by atoms with van der Waals surface area (Å²) in [5, 5.41) is 9.08. The Labute approximate surface area is 112 Å². The van der Waals surface area contributed by atoms with Crippen molar-refractivity contribution in [1.82, 2.24) is 4.98 Å². The molecule has 1 heterocycles. The molecule has 0 spiro atoms. The molecule has 0 amide bonds. The first kappa shape index (κ1) is 13.3. The zero-order valence-electron chi connectivity index (χ0n) is 10.9. The normalized spacial score (nSPS) is 12.1. The van der Waals surface area contributed by atoms with Crippen LogP contribution in [0.5, 0.6) is 0 Å². The summed E-state index contributed by atoms with van der Waals surface area (Å²) in [4.78, 5) is 15.1. The summed E-state index contributed by atoms with van der Waals surface area (Å²) >= 11 is 0. The van der Waals surface area contributed by atoms with Gasteiger partial charge in [-0.2, -0.15) is 0 Å². The van der Waals surface area contributed by atoms with Crippen molar-refractivity contribution in [1.29, 1.82) is 0 Å². The number of aliphatic carboxylic acids is 1. The fraction of sp³-hybridized carbons (Fsp3) is 0.250. The van der Waals surface area contributed by atoms with E-state index in [1.165, 1.54) is 0 Å². The smallest absolute Gasteiger partial charge is 0.303 e. The third kappa shape index (κ3) is 3.91. The van der Waals surface area contributed by atoms with E-state index in [0.717, 1.165) is 16.7 Å². The van der Waals surface area contributed by atoms with E-state index in [2.05, 4.69) is 11.1 Å². The number of pyridine rings is 1. The Bertz CT molecular complexity index is 552. The van der Waals surface area contributed by atoms with Crippen LogP contribution >= 0.6 is 0 Å². The quantitative estimate of drug-likeness (QED) is 0.892. The number of carbonyl (C=O) groups is 1. The molecule has 2 aromatic rings. The predicted octanol–water partition coefficient (Wildman–Crippen LogP) is 3.19. The zero-order valence-corrected chi connectivity index (χ0v) is 10.9. The molecule has 0 aliphatic carbocycles. The van der Waals surface area contributed by atoms with Gasteiger partial charge in [-0.25, -0.2) is 0 Å². The van der Waals surface area contributed by atoms with E-state index < -0.39 is 5.97 Å². The highest BCUT2D eigenvalue weighted by molar-refractivity contribution is 5.68. The van der Waals surface area contributed by atoms with Crippen molar-refractivity contribution >= 4 is 5.97 Å². The molecule has 0 saturated carbocycles. The molecule has 1 atom stereocenters. The number of rotatable bonds is 5. The van der Waals surface area contributed by atoms with Gasteiger partial charge in [-0.05, 0) is 36.5 Å². The van der Waals surface area contributed by atoms with Crippen LogP contribution in [-0.4, -0.2) is 16.1 Å². The number of carboxylic acid groups (broad SMARTS) is 1. The minimum absolute atomic E-state index is 0.0124. The highest BCUT2D eigenvalue weighted by Gasteiger charge is 2.16. The Kier molecular flexibility index (Phi) is 4.29. The van der Waals surface area contributed by atoms with Crippen molar-refractivity contribution in [3.05, 3.63) is 65.5 Å². The van der Waals surface area contributed by atoms with Gasteiger partial charge in [0.05, 0.1) is 6.42 Å². The maximum atomic E-state index is 11.0. The molecule has 98 valence electrons. The molecule has 1 N–H and O–H groups in total. The van der Waals surface area contributed by atoms with E-state index in [-0.39, 0.29) is 12.3 Å². The molecule has 3 heteroatoms. The Morgan fingerprint density at radius 1 is 1.32 bits per heavy atom. The van der Waals surface area contributed by atoms with Crippen LogP contribution in [0.1, 0.15) is 29.0 Å². The third-order valence-electron chi connectivity index (χ3n) is 3.14. The second kappa shape index (κ2) is 6.14. The number of hydrogen-bond acceptors (Lipinski definition) is 2. The van der Waals surface area contributed by atoms with E-state index in [1.807, 2.05) is 37.3 Å². The van der Waals surface area contributed by atoms with Crippen LogP contribution in [-0.2, 0) is 11.2 Å². The van der Waals surface area contributed by atoms with Crippen LogP contribution < -0.4 is 0 Å². The van der Waals surface area contributed by atoms with Gasteiger partial charge < -0.3 is 5.11 Å².